The molecule has 0 spiro atoms. The first-order valence-corrected chi connectivity index (χ1v) is 7.53. The number of nitrogens with two attached hydrogens (primary N) is 1. The molecule has 1 heterocycles. The largest absolute Gasteiger partial charge is 0.326 e. The topological polar surface area (TPSA) is 63.4 Å². The molecule has 0 aromatic heterocycles. The molecule has 0 amide bonds. The van der Waals surface area contributed by atoms with Gasteiger partial charge < -0.3 is 5.73 Å². The standard InChI is InChI=1S/C10H13IN2O2S/c11-8-2-1-3-10(6-8)16(14,15)13-5-4-9(12)7-13/h1-3,6,9H,4-5,7,12H2/t9-/m1/s1. The molecule has 6 heteroatoms. The average Bonchev–Trinajstić information content (AvgIpc) is 2.65. The minimum atomic E-state index is -3.35. The lowest BCUT2D eigenvalue weighted by Gasteiger charge is -2.15. The number of rotatable bonds is 2. The Morgan fingerprint density at radius 2 is 2.19 bits per heavy atom. The molecule has 0 bridgehead atoms. The molecule has 1 atom stereocenters. The van der Waals surface area contributed by atoms with E-state index in [1.165, 1.54) is 4.31 Å². The zero-order valence-electron chi connectivity index (χ0n) is 8.64. The smallest absolute Gasteiger partial charge is 0.243 e. The molecule has 0 aliphatic carbocycles. The van der Waals surface area contributed by atoms with Gasteiger partial charge in [-0.15, -0.1) is 0 Å². The van der Waals surface area contributed by atoms with Crippen LogP contribution in [0.2, 0.25) is 0 Å². The summed E-state index contributed by atoms with van der Waals surface area (Å²) in [6.45, 7) is 0.947. The zero-order valence-corrected chi connectivity index (χ0v) is 11.6. The van der Waals surface area contributed by atoms with Gasteiger partial charge in [0, 0.05) is 22.7 Å². The highest BCUT2D eigenvalue weighted by atomic mass is 127. The van der Waals surface area contributed by atoms with Crippen molar-refractivity contribution < 1.29 is 8.42 Å². The van der Waals surface area contributed by atoms with Gasteiger partial charge >= 0.3 is 0 Å². The molecule has 1 aromatic carbocycles. The Bertz CT molecular complexity index is 489. The third-order valence-electron chi connectivity index (χ3n) is 2.62. The molecule has 1 aromatic rings. The van der Waals surface area contributed by atoms with E-state index in [0.29, 0.717) is 18.0 Å². The van der Waals surface area contributed by atoms with Gasteiger partial charge in [-0.2, -0.15) is 4.31 Å². The fraction of sp³-hybridized carbons (Fsp3) is 0.400. The molecule has 1 saturated heterocycles. The van der Waals surface area contributed by atoms with Crippen LogP contribution >= 0.6 is 22.6 Å². The second-order valence-corrected chi connectivity index (χ2v) is 7.05. The lowest BCUT2D eigenvalue weighted by Crippen LogP contribution is -2.31. The fourth-order valence-corrected chi connectivity index (χ4v) is 4.06. The third-order valence-corrected chi connectivity index (χ3v) is 5.15. The summed E-state index contributed by atoms with van der Waals surface area (Å²) < 4.78 is 26.8. The molecular weight excluding hydrogens is 339 g/mol. The molecule has 2 rings (SSSR count). The molecule has 1 aliphatic heterocycles. The highest BCUT2D eigenvalue weighted by molar-refractivity contribution is 14.1. The maximum Gasteiger partial charge on any atom is 0.243 e. The van der Waals surface area contributed by atoms with Crippen LogP contribution in [0, 0.1) is 3.57 Å². The number of halogens is 1. The summed E-state index contributed by atoms with van der Waals surface area (Å²) in [6, 6.07) is 6.90. The number of hydrogen-bond acceptors (Lipinski definition) is 3. The van der Waals surface area contributed by atoms with Gasteiger partial charge in [0.1, 0.15) is 0 Å². The fourth-order valence-electron chi connectivity index (χ4n) is 1.75. The van der Waals surface area contributed by atoms with Crippen LogP contribution in [0.1, 0.15) is 6.42 Å². The summed E-state index contributed by atoms with van der Waals surface area (Å²) in [5.74, 6) is 0. The monoisotopic (exact) mass is 352 g/mol. The summed E-state index contributed by atoms with van der Waals surface area (Å²) in [7, 11) is -3.35. The summed E-state index contributed by atoms with van der Waals surface area (Å²) in [5, 5.41) is 0. The second kappa shape index (κ2) is 4.59. The highest BCUT2D eigenvalue weighted by Crippen LogP contribution is 2.21. The van der Waals surface area contributed by atoms with Gasteiger partial charge in [-0.3, -0.25) is 0 Å². The van der Waals surface area contributed by atoms with E-state index in [1.54, 1.807) is 18.2 Å². The van der Waals surface area contributed by atoms with Crippen molar-refractivity contribution in [2.24, 2.45) is 5.73 Å². The maximum absolute atomic E-state index is 12.2. The first-order chi connectivity index (χ1) is 7.50. The molecule has 1 aliphatic rings. The number of sulfonamides is 1. The van der Waals surface area contributed by atoms with Gasteiger partial charge in [0.15, 0.2) is 0 Å². The predicted octanol–water partition coefficient (Wildman–Crippen LogP) is 1.01. The molecule has 4 nitrogen and oxygen atoms in total. The van der Waals surface area contributed by atoms with Crippen molar-refractivity contribution in [3.8, 4) is 0 Å². The first-order valence-electron chi connectivity index (χ1n) is 5.01. The summed E-state index contributed by atoms with van der Waals surface area (Å²) >= 11 is 2.11. The first kappa shape index (κ1) is 12.3. The van der Waals surface area contributed by atoms with E-state index in [9.17, 15) is 8.42 Å². The van der Waals surface area contributed by atoms with Gasteiger partial charge in [-0.1, -0.05) is 6.07 Å². The zero-order chi connectivity index (χ0) is 11.8. The Morgan fingerprint density at radius 3 is 2.75 bits per heavy atom. The molecule has 2 N–H and O–H groups in total. The summed E-state index contributed by atoms with van der Waals surface area (Å²) in [4.78, 5) is 0.355. The van der Waals surface area contributed by atoms with Crippen molar-refractivity contribution in [1.82, 2.24) is 4.31 Å². The Labute approximate surface area is 109 Å². The van der Waals surface area contributed by atoms with Crippen molar-refractivity contribution >= 4 is 32.6 Å². The number of nitrogens with zero attached hydrogens (tertiary/aromatic N) is 1. The second-order valence-electron chi connectivity index (χ2n) is 3.87. The molecule has 0 radical (unpaired) electrons. The van der Waals surface area contributed by atoms with Crippen LogP contribution in [0.4, 0.5) is 0 Å². The van der Waals surface area contributed by atoms with Gasteiger partial charge in [0.05, 0.1) is 4.90 Å². The van der Waals surface area contributed by atoms with Crippen LogP contribution in [-0.2, 0) is 10.0 Å². The van der Waals surface area contributed by atoms with Crippen LogP contribution in [-0.4, -0.2) is 31.9 Å². The van der Waals surface area contributed by atoms with E-state index in [1.807, 2.05) is 6.07 Å². The minimum absolute atomic E-state index is 0.0300. The quantitative estimate of drug-likeness (QED) is 0.809. The van der Waals surface area contributed by atoms with E-state index < -0.39 is 10.0 Å². The lowest BCUT2D eigenvalue weighted by atomic mass is 10.3. The molecule has 88 valence electrons. The maximum atomic E-state index is 12.2. The normalized spacial score (nSPS) is 22.5. The highest BCUT2D eigenvalue weighted by Gasteiger charge is 2.30. The van der Waals surface area contributed by atoms with Crippen LogP contribution < -0.4 is 5.73 Å². The van der Waals surface area contributed by atoms with Crippen LogP contribution in [0.5, 0.6) is 0 Å². The summed E-state index contributed by atoms with van der Waals surface area (Å²) in [5.41, 5.74) is 5.72. The molecule has 0 unspecified atom stereocenters. The Kier molecular flexibility index (Phi) is 3.53. The van der Waals surface area contributed by atoms with Gasteiger partial charge in [-0.05, 0) is 47.2 Å². The van der Waals surface area contributed by atoms with E-state index in [2.05, 4.69) is 22.6 Å². The Hall–Kier alpha value is -0.180. The van der Waals surface area contributed by atoms with E-state index in [0.717, 1.165) is 9.99 Å². The molecule has 0 saturated carbocycles. The van der Waals surface area contributed by atoms with Crippen molar-refractivity contribution in [3.63, 3.8) is 0 Å². The van der Waals surface area contributed by atoms with Crippen LogP contribution in [0.25, 0.3) is 0 Å². The van der Waals surface area contributed by atoms with E-state index in [-0.39, 0.29) is 6.04 Å². The van der Waals surface area contributed by atoms with Crippen LogP contribution in [0.15, 0.2) is 29.2 Å². The van der Waals surface area contributed by atoms with Gasteiger partial charge in [-0.25, -0.2) is 8.42 Å². The van der Waals surface area contributed by atoms with Crippen LogP contribution in [0.3, 0.4) is 0 Å². The summed E-state index contributed by atoms with van der Waals surface area (Å²) in [6.07, 6.45) is 0.739. The predicted molar refractivity (Wildman–Crippen MR) is 70.5 cm³/mol. The number of benzene rings is 1. The number of hydrogen-bond donors (Lipinski definition) is 1. The van der Waals surface area contributed by atoms with Crippen molar-refractivity contribution in [2.75, 3.05) is 13.1 Å². The Morgan fingerprint density at radius 1 is 1.44 bits per heavy atom. The van der Waals surface area contributed by atoms with Crippen molar-refractivity contribution in [3.05, 3.63) is 27.8 Å². The van der Waals surface area contributed by atoms with Gasteiger partial charge in [0.25, 0.3) is 0 Å². The third kappa shape index (κ3) is 2.39. The lowest BCUT2D eigenvalue weighted by molar-refractivity contribution is 0.472. The SMILES string of the molecule is N[C@@H]1CCN(S(=O)(=O)c2cccc(I)c2)C1. The average molecular weight is 352 g/mol. The molecule has 1 fully saturated rings. The Balaban J connectivity index is 2.32. The minimum Gasteiger partial charge on any atom is -0.326 e. The molecule has 16 heavy (non-hydrogen) atoms. The van der Waals surface area contributed by atoms with E-state index >= 15 is 0 Å². The molecular formula is C10H13IN2O2S. The van der Waals surface area contributed by atoms with Crippen molar-refractivity contribution in [1.29, 1.82) is 0 Å². The van der Waals surface area contributed by atoms with Gasteiger partial charge in [0.2, 0.25) is 10.0 Å². The van der Waals surface area contributed by atoms with E-state index in [4.69, 9.17) is 5.73 Å². The van der Waals surface area contributed by atoms with Crippen molar-refractivity contribution in [2.45, 2.75) is 17.4 Å².